The molecule has 1 aromatic carbocycles. The summed E-state index contributed by atoms with van der Waals surface area (Å²) >= 11 is 0. The first-order chi connectivity index (χ1) is 7.47. The molecule has 84 valence electrons. The maximum atomic E-state index is 5.51. The lowest BCUT2D eigenvalue weighted by atomic mass is 9.86. The van der Waals surface area contributed by atoms with Crippen molar-refractivity contribution in [3.05, 3.63) is 35.9 Å². The summed E-state index contributed by atoms with van der Waals surface area (Å²) in [6.45, 7) is 6.57. The van der Waals surface area contributed by atoms with Gasteiger partial charge in [0.1, 0.15) is 0 Å². The van der Waals surface area contributed by atoms with Crippen LogP contribution in [-0.2, 0) is 5.41 Å². The van der Waals surface area contributed by atoms with Gasteiger partial charge in [-0.25, -0.2) is 0 Å². The van der Waals surface area contributed by atoms with Crippen molar-refractivity contribution in [2.75, 3.05) is 5.73 Å². The number of nitrogen functional groups attached to an aromatic ring is 1. The monoisotopic (exact) mass is 216 g/mol. The quantitative estimate of drug-likeness (QED) is 0.796. The highest BCUT2D eigenvalue weighted by molar-refractivity contribution is 5.60. The summed E-state index contributed by atoms with van der Waals surface area (Å²) in [7, 11) is 0. The van der Waals surface area contributed by atoms with E-state index in [0.717, 1.165) is 5.56 Å². The average molecular weight is 216 g/mol. The second-order valence-corrected chi connectivity index (χ2v) is 4.94. The minimum atomic E-state index is 0.166. The first kappa shape index (κ1) is 10.7. The van der Waals surface area contributed by atoms with E-state index in [2.05, 4.69) is 38.1 Å². The van der Waals surface area contributed by atoms with Crippen molar-refractivity contribution in [3.8, 4) is 11.3 Å². The second-order valence-electron chi connectivity index (χ2n) is 4.94. The van der Waals surface area contributed by atoms with Crippen molar-refractivity contribution < 1.29 is 4.52 Å². The van der Waals surface area contributed by atoms with E-state index in [1.54, 1.807) is 6.07 Å². The average Bonchev–Trinajstić information content (AvgIpc) is 2.64. The molecule has 0 aliphatic carbocycles. The summed E-state index contributed by atoms with van der Waals surface area (Å²) in [6, 6.07) is 10.00. The predicted octanol–water partition coefficient (Wildman–Crippen LogP) is 3.22. The molecule has 3 nitrogen and oxygen atoms in total. The Kier molecular flexibility index (Phi) is 2.46. The van der Waals surface area contributed by atoms with E-state index in [1.165, 1.54) is 5.56 Å². The van der Waals surface area contributed by atoms with Crippen LogP contribution in [0.3, 0.4) is 0 Å². The third-order valence-corrected chi connectivity index (χ3v) is 2.56. The zero-order valence-electron chi connectivity index (χ0n) is 9.82. The maximum absolute atomic E-state index is 5.51. The third kappa shape index (κ3) is 2.08. The molecule has 0 saturated carbocycles. The fourth-order valence-corrected chi connectivity index (χ4v) is 1.56. The molecule has 2 aromatic rings. The molecule has 2 rings (SSSR count). The first-order valence-electron chi connectivity index (χ1n) is 5.30. The first-order valence-corrected chi connectivity index (χ1v) is 5.30. The fraction of sp³-hybridized carbons (Fsp3) is 0.308. The van der Waals surface area contributed by atoms with Crippen molar-refractivity contribution in [1.82, 2.24) is 5.16 Å². The number of rotatable bonds is 1. The summed E-state index contributed by atoms with van der Waals surface area (Å²) in [4.78, 5) is 0. The van der Waals surface area contributed by atoms with E-state index < -0.39 is 0 Å². The van der Waals surface area contributed by atoms with Crippen LogP contribution in [0.4, 0.5) is 5.82 Å². The van der Waals surface area contributed by atoms with Crippen molar-refractivity contribution in [1.29, 1.82) is 0 Å². The molecule has 2 N–H and O–H groups in total. The minimum absolute atomic E-state index is 0.166. The van der Waals surface area contributed by atoms with Crippen LogP contribution < -0.4 is 5.73 Å². The Balaban J connectivity index is 2.33. The van der Waals surface area contributed by atoms with Gasteiger partial charge in [0.25, 0.3) is 0 Å². The van der Waals surface area contributed by atoms with Gasteiger partial charge in [-0.1, -0.05) is 50.2 Å². The smallest absolute Gasteiger partial charge is 0.169 e. The standard InChI is InChI=1S/C13H16N2O/c1-13(2,3)10-6-4-9(5-7-10)11-8-12(14)15-16-11/h4-8H,1-3H3,(H2,14,15). The van der Waals surface area contributed by atoms with Gasteiger partial charge in [0.05, 0.1) is 0 Å². The van der Waals surface area contributed by atoms with Crippen LogP contribution in [0.2, 0.25) is 0 Å². The van der Waals surface area contributed by atoms with Crippen LogP contribution in [0.1, 0.15) is 26.3 Å². The molecule has 0 fully saturated rings. The Hall–Kier alpha value is -1.77. The molecule has 16 heavy (non-hydrogen) atoms. The molecule has 0 saturated heterocycles. The third-order valence-electron chi connectivity index (χ3n) is 2.56. The van der Waals surface area contributed by atoms with Crippen molar-refractivity contribution in [2.24, 2.45) is 0 Å². The molecule has 3 heteroatoms. The van der Waals surface area contributed by atoms with Crippen LogP contribution in [0.5, 0.6) is 0 Å². The van der Waals surface area contributed by atoms with E-state index in [9.17, 15) is 0 Å². The maximum Gasteiger partial charge on any atom is 0.169 e. The highest BCUT2D eigenvalue weighted by Gasteiger charge is 2.13. The summed E-state index contributed by atoms with van der Waals surface area (Å²) < 4.78 is 5.10. The van der Waals surface area contributed by atoms with Gasteiger partial charge in [0.15, 0.2) is 11.6 Å². The molecule has 0 bridgehead atoms. The zero-order valence-corrected chi connectivity index (χ0v) is 9.82. The highest BCUT2D eigenvalue weighted by atomic mass is 16.5. The Labute approximate surface area is 95.3 Å². The van der Waals surface area contributed by atoms with Crippen LogP contribution in [0.15, 0.2) is 34.9 Å². The van der Waals surface area contributed by atoms with Crippen molar-refractivity contribution in [2.45, 2.75) is 26.2 Å². The number of anilines is 1. The summed E-state index contributed by atoms with van der Waals surface area (Å²) in [6.07, 6.45) is 0. The number of aromatic nitrogens is 1. The Morgan fingerprint density at radius 1 is 1.12 bits per heavy atom. The molecule has 0 aliphatic rings. The molecule has 0 spiro atoms. The molecule has 0 amide bonds. The lowest BCUT2D eigenvalue weighted by Gasteiger charge is -2.18. The van der Waals surface area contributed by atoms with Gasteiger partial charge in [-0.2, -0.15) is 0 Å². The van der Waals surface area contributed by atoms with Crippen molar-refractivity contribution in [3.63, 3.8) is 0 Å². The molecular formula is C13H16N2O. The topological polar surface area (TPSA) is 52.0 Å². The molecule has 0 unspecified atom stereocenters. The lowest BCUT2D eigenvalue weighted by Crippen LogP contribution is -2.10. The van der Waals surface area contributed by atoms with Crippen LogP contribution >= 0.6 is 0 Å². The number of nitrogens with zero attached hydrogens (tertiary/aromatic N) is 1. The Morgan fingerprint density at radius 2 is 1.75 bits per heavy atom. The van der Waals surface area contributed by atoms with Gasteiger partial charge < -0.3 is 10.3 Å². The summed E-state index contributed by atoms with van der Waals surface area (Å²) in [5.74, 6) is 1.12. The summed E-state index contributed by atoms with van der Waals surface area (Å²) in [5, 5.41) is 3.67. The van der Waals surface area contributed by atoms with E-state index in [1.807, 2.05) is 12.1 Å². The van der Waals surface area contributed by atoms with Gasteiger partial charge >= 0.3 is 0 Å². The lowest BCUT2D eigenvalue weighted by molar-refractivity contribution is 0.436. The van der Waals surface area contributed by atoms with E-state index >= 15 is 0 Å². The molecule has 0 aliphatic heterocycles. The zero-order chi connectivity index (χ0) is 11.8. The van der Waals surface area contributed by atoms with Gasteiger partial charge in [-0.15, -0.1) is 0 Å². The van der Waals surface area contributed by atoms with Gasteiger partial charge in [0, 0.05) is 11.6 Å². The highest BCUT2D eigenvalue weighted by Crippen LogP contribution is 2.26. The number of benzene rings is 1. The minimum Gasteiger partial charge on any atom is -0.381 e. The molecule has 1 aromatic heterocycles. The normalized spacial score (nSPS) is 11.7. The van der Waals surface area contributed by atoms with Crippen LogP contribution in [-0.4, -0.2) is 5.16 Å². The predicted molar refractivity (Wildman–Crippen MR) is 65.1 cm³/mol. The second kappa shape index (κ2) is 3.67. The Morgan fingerprint density at radius 3 is 2.19 bits per heavy atom. The summed E-state index contributed by atoms with van der Waals surface area (Å²) in [5.41, 5.74) is 7.97. The van der Waals surface area contributed by atoms with E-state index in [4.69, 9.17) is 10.3 Å². The molecule has 0 atom stereocenters. The van der Waals surface area contributed by atoms with Crippen LogP contribution in [0.25, 0.3) is 11.3 Å². The Bertz CT molecular complexity index is 477. The van der Waals surface area contributed by atoms with Gasteiger partial charge in [0.2, 0.25) is 0 Å². The number of nitrogens with two attached hydrogens (primary N) is 1. The molecule has 0 radical (unpaired) electrons. The largest absolute Gasteiger partial charge is 0.381 e. The molecular weight excluding hydrogens is 200 g/mol. The number of hydrogen-bond donors (Lipinski definition) is 1. The van der Waals surface area contributed by atoms with Crippen molar-refractivity contribution >= 4 is 5.82 Å². The van der Waals surface area contributed by atoms with E-state index in [-0.39, 0.29) is 5.41 Å². The SMILES string of the molecule is CC(C)(C)c1ccc(-c2cc(N)no2)cc1. The van der Waals surface area contributed by atoms with Crippen LogP contribution in [0, 0.1) is 0 Å². The number of hydrogen-bond acceptors (Lipinski definition) is 3. The fourth-order valence-electron chi connectivity index (χ4n) is 1.56. The van der Waals surface area contributed by atoms with Gasteiger partial charge in [-0.05, 0) is 11.0 Å². The molecule has 1 heterocycles. The van der Waals surface area contributed by atoms with Gasteiger partial charge in [-0.3, -0.25) is 0 Å². The van der Waals surface area contributed by atoms with E-state index in [0.29, 0.717) is 11.6 Å².